The van der Waals surface area contributed by atoms with Crippen LogP contribution in [0.15, 0.2) is 18.2 Å². The third-order valence-corrected chi connectivity index (χ3v) is 3.64. The summed E-state index contributed by atoms with van der Waals surface area (Å²) in [5.41, 5.74) is 3.25. The zero-order valence-electron chi connectivity index (χ0n) is 11.0. The normalized spacial score (nSPS) is 27.9. The van der Waals surface area contributed by atoms with Gasteiger partial charge in [0.2, 0.25) is 0 Å². The topological polar surface area (TPSA) is 29.5 Å². The smallest absolute Gasteiger partial charge is 0.0737 e. The molecule has 0 heterocycles. The van der Waals surface area contributed by atoms with Gasteiger partial charge in [0.1, 0.15) is 0 Å². The molecule has 0 atom stereocenters. The molecule has 0 saturated heterocycles. The molecule has 1 saturated carbocycles. The predicted octanol–water partition coefficient (Wildman–Crippen LogP) is 2.78. The largest absolute Gasteiger partial charge is 0.389 e. The van der Waals surface area contributed by atoms with E-state index in [2.05, 4.69) is 32.0 Å². The molecule has 0 aliphatic heterocycles. The van der Waals surface area contributed by atoms with E-state index in [9.17, 15) is 5.11 Å². The molecule has 0 aromatic heterocycles. The maximum absolute atomic E-state index is 10.4. The molecular weight excluding hydrogens is 212 g/mol. The Bertz CT molecular complexity index is 392. The molecule has 1 aliphatic rings. The van der Waals surface area contributed by atoms with Gasteiger partial charge >= 0.3 is 0 Å². The van der Waals surface area contributed by atoms with Gasteiger partial charge in [0, 0.05) is 25.9 Å². The molecule has 2 nitrogen and oxygen atoms in total. The van der Waals surface area contributed by atoms with Crippen molar-refractivity contribution in [1.29, 1.82) is 0 Å². The zero-order valence-corrected chi connectivity index (χ0v) is 11.0. The maximum Gasteiger partial charge on any atom is 0.0737 e. The first-order chi connectivity index (χ1) is 8.02. The summed E-state index contributed by atoms with van der Waals surface area (Å²) in [5, 5.41) is 10.4. The van der Waals surface area contributed by atoms with Crippen LogP contribution in [0, 0.1) is 13.8 Å². The van der Waals surface area contributed by atoms with E-state index in [-0.39, 0.29) is 6.10 Å². The van der Waals surface area contributed by atoms with E-state index in [1.807, 2.05) is 6.92 Å². The molecule has 2 heteroatoms. The van der Waals surface area contributed by atoms with Crippen molar-refractivity contribution in [2.75, 3.05) is 6.61 Å². The Labute approximate surface area is 104 Å². The molecule has 94 valence electrons. The van der Waals surface area contributed by atoms with E-state index in [0.717, 1.165) is 25.9 Å². The standard InChI is InChI=1S/C15H22O2/c1-4-17-14-9-15(16,10-14)8-13-7-11(2)5-6-12(13)3/h5-7,14,16H,4,8-10H2,1-3H3. The van der Waals surface area contributed by atoms with Crippen LogP contribution in [0.25, 0.3) is 0 Å². The summed E-state index contributed by atoms with van der Waals surface area (Å²) >= 11 is 0. The minimum absolute atomic E-state index is 0.259. The SMILES string of the molecule is CCOC1CC(O)(Cc2cc(C)ccc2C)C1. The van der Waals surface area contributed by atoms with Crippen LogP contribution in [-0.2, 0) is 11.2 Å². The van der Waals surface area contributed by atoms with Gasteiger partial charge in [0.15, 0.2) is 0 Å². The molecule has 1 N–H and O–H groups in total. The molecule has 0 radical (unpaired) electrons. The number of aryl methyl sites for hydroxylation is 2. The average Bonchev–Trinajstić information content (AvgIpc) is 2.22. The molecule has 1 aromatic rings. The lowest BCUT2D eigenvalue weighted by Gasteiger charge is -2.43. The van der Waals surface area contributed by atoms with E-state index in [1.165, 1.54) is 16.7 Å². The summed E-state index contributed by atoms with van der Waals surface area (Å²) < 4.78 is 5.50. The van der Waals surface area contributed by atoms with E-state index in [0.29, 0.717) is 0 Å². The molecule has 0 amide bonds. The van der Waals surface area contributed by atoms with Crippen molar-refractivity contribution in [3.8, 4) is 0 Å². The van der Waals surface area contributed by atoms with E-state index < -0.39 is 5.60 Å². The monoisotopic (exact) mass is 234 g/mol. The number of benzene rings is 1. The van der Waals surface area contributed by atoms with Crippen LogP contribution >= 0.6 is 0 Å². The lowest BCUT2D eigenvalue weighted by atomic mass is 9.73. The van der Waals surface area contributed by atoms with E-state index >= 15 is 0 Å². The van der Waals surface area contributed by atoms with Gasteiger partial charge < -0.3 is 9.84 Å². The fourth-order valence-electron chi connectivity index (χ4n) is 2.63. The van der Waals surface area contributed by atoms with Gasteiger partial charge in [-0.15, -0.1) is 0 Å². The van der Waals surface area contributed by atoms with Crippen LogP contribution in [0.5, 0.6) is 0 Å². The van der Waals surface area contributed by atoms with Gasteiger partial charge in [0.05, 0.1) is 11.7 Å². The van der Waals surface area contributed by atoms with Crippen LogP contribution < -0.4 is 0 Å². The summed E-state index contributed by atoms with van der Waals surface area (Å²) in [5.74, 6) is 0. The Balaban J connectivity index is 2.00. The minimum Gasteiger partial charge on any atom is -0.389 e. The van der Waals surface area contributed by atoms with Gasteiger partial charge in [0.25, 0.3) is 0 Å². The highest BCUT2D eigenvalue weighted by atomic mass is 16.5. The Hall–Kier alpha value is -0.860. The maximum atomic E-state index is 10.4. The molecule has 1 aromatic carbocycles. The van der Waals surface area contributed by atoms with Crippen molar-refractivity contribution in [2.24, 2.45) is 0 Å². The van der Waals surface area contributed by atoms with Crippen molar-refractivity contribution in [1.82, 2.24) is 0 Å². The molecule has 1 fully saturated rings. The first-order valence-corrected chi connectivity index (χ1v) is 6.42. The second kappa shape index (κ2) is 4.79. The summed E-state index contributed by atoms with van der Waals surface area (Å²) in [6.07, 6.45) is 2.56. The van der Waals surface area contributed by atoms with Crippen molar-refractivity contribution >= 4 is 0 Å². The molecule has 0 spiro atoms. The van der Waals surface area contributed by atoms with Gasteiger partial charge in [-0.05, 0) is 31.9 Å². The van der Waals surface area contributed by atoms with Crippen LogP contribution in [0.3, 0.4) is 0 Å². The van der Waals surface area contributed by atoms with Crippen molar-refractivity contribution in [3.63, 3.8) is 0 Å². The molecule has 17 heavy (non-hydrogen) atoms. The van der Waals surface area contributed by atoms with Crippen LogP contribution in [0.2, 0.25) is 0 Å². The molecular formula is C15H22O2. The first-order valence-electron chi connectivity index (χ1n) is 6.42. The summed E-state index contributed by atoms with van der Waals surface area (Å²) in [6.45, 7) is 6.94. The average molecular weight is 234 g/mol. The number of ether oxygens (including phenoxy) is 1. The lowest BCUT2D eigenvalue weighted by Crippen LogP contribution is -2.50. The van der Waals surface area contributed by atoms with E-state index in [1.54, 1.807) is 0 Å². The van der Waals surface area contributed by atoms with Gasteiger partial charge in [-0.25, -0.2) is 0 Å². The predicted molar refractivity (Wildman–Crippen MR) is 69.2 cm³/mol. The van der Waals surface area contributed by atoms with Crippen LogP contribution in [-0.4, -0.2) is 23.4 Å². The summed E-state index contributed by atoms with van der Waals surface area (Å²) in [4.78, 5) is 0. The summed E-state index contributed by atoms with van der Waals surface area (Å²) in [6, 6.07) is 6.43. The summed E-state index contributed by atoms with van der Waals surface area (Å²) in [7, 11) is 0. The highest BCUT2D eigenvalue weighted by molar-refractivity contribution is 5.32. The van der Waals surface area contributed by atoms with Crippen molar-refractivity contribution < 1.29 is 9.84 Å². The number of rotatable bonds is 4. The molecule has 1 aliphatic carbocycles. The highest BCUT2D eigenvalue weighted by Crippen LogP contribution is 2.37. The first kappa shape index (κ1) is 12.6. The van der Waals surface area contributed by atoms with Gasteiger partial charge in [-0.2, -0.15) is 0 Å². The Morgan fingerprint density at radius 2 is 2.06 bits per heavy atom. The second-order valence-electron chi connectivity index (χ2n) is 5.32. The third kappa shape index (κ3) is 2.88. The minimum atomic E-state index is -0.543. The quantitative estimate of drug-likeness (QED) is 0.868. The fourth-order valence-corrected chi connectivity index (χ4v) is 2.63. The molecule has 2 rings (SSSR count). The Morgan fingerprint density at radius 1 is 1.35 bits per heavy atom. The van der Waals surface area contributed by atoms with E-state index in [4.69, 9.17) is 4.74 Å². The van der Waals surface area contributed by atoms with Gasteiger partial charge in [-0.1, -0.05) is 23.8 Å². The lowest BCUT2D eigenvalue weighted by molar-refractivity contribution is -0.136. The highest BCUT2D eigenvalue weighted by Gasteiger charge is 2.43. The third-order valence-electron chi connectivity index (χ3n) is 3.64. The van der Waals surface area contributed by atoms with Gasteiger partial charge in [-0.3, -0.25) is 0 Å². The number of aliphatic hydroxyl groups is 1. The van der Waals surface area contributed by atoms with Crippen LogP contribution in [0.4, 0.5) is 0 Å². The van der Waals surface area contributed by atoms with Crippen LogP contribution in [0.1, 0.15) is 36.5 Å². The van der Waals surface area contributed by atoms with Crippen molar-refractivity contribution in [2.45, 2.75) is 51.7 Å². The number of hydrogen-bond donors (Lipinski definition) is 1. The second-order valence-corrected chi connectivity index (χ2v) is 5.32. The zero-order chi connectivity index (χ0) is 12.5. The van der Waals surface area contributed by atoms with Crippen molar-refractivity contribution in [3.05, 3.63) is 34.9 Å². The Morgan fingerprint density at radius 3 is 2.71 bits per heavy atom. The fraction of sp³-hybridized carbons (Fsp3) is 0.600. The molecule has 0 unspecified atom stereocenters. The Kier molecular flexibility index (Phi) is 3.55. The molecule has 0 bridgehead atoms. The number of hydrogen-bond acceptors (Lipinski definition) is 2.